The summed E-state index contributed by atoms with van der Waals surface area (Å²) in [6.07, 6.45) is 2.72. The van der Waals surface area contributed by atoms with Crippen LogP contribution in [0, 0.1) is 52.3 Å². The summed E-state index contributed by atoms with van der Waals surface area (Å²) in [4.78, 5) is 0. The number of aliphatic hydroxyl groups excluding tert-OH is 5. The van der Waals surface area contributed by atoms with E-state index in [1.807, 2.05) is 0 Å². The van der Waals surface area contributed by atoms with Crippen molar-refractivity contribution in [1.29, 1.82) is 0 Å². The molecular weight excluding hydrogens is 548 g/mol. The molecule has 16 atom stereocenters. The molecule has 43 heavy (non-hydrogen) atoms. The van der Waals surface area contributed by atoms with Crippen LogP contribution in [-0.2, 0) is 9.47 Å². The van der Waals surface area contributed by atoms with Crippen molar-refractivity contribution in [1.82, 2.24) is 0 Å². The van der Waals surface area contributed by atoms with Crippen LogP contribution in [0.3, 0.4) is 0 Å². The lowest BCUT2D eigenvalue weighted by molar-refractivity contribution is -0.328. The van der Waals surface area contributed by atoms with Gasteiger partial charge in [-0.2, -0.15) is 0 Å². The van der Waals surface area contributed by atoms with Crippen LogP contribution < -0.4 is 0 Å². The van der Waals surface area contributed by atoms with E-state index in [2.05, 4.69) is 41.5 Å². The fraction of sp³-hybridized carbons (Fsp3) is 1.00. The van der Waals surface area contributed by atoms with Crippen molar-refractivity contribution < 1.29 is 40.1 Å². The number of hydrogen-bond donors (Lipinski definition) is 6. The largest absolute Gasteiger partial charge is 0.394 e. The SMILES string of the molecule is CC[C@H](CC[C@@H](C)[C@H]1CC[C@@H]2[C@@H]3C[C@@H](O)[C@@]4(O)C[C@@H](O[C@@H]5O[C@H](CO)[C@@H](O)[C@H](O)[C@H]5O)CC[C@]4(C)[C@H]3CC[C@@]21C)C(C)C. The molecule has 5 rings (SSSR count). The normalized spacial score (nSPS) is 51.4. The van der Waals surface area contributed by atoms with E-state index >= 15 is 0 Å². The van der Waals surface area contributed by atoms with Crippen molar-refractivity contribution in [2.45, 2.75) is 161 Å². The molecule has 0 unspecified atom stereocenters. The van der Waals surface area contributed by atoms with Crippen molar-refractivity contribution >= 4 is 0 Å². The lowest BCUT2D eigenvalue weighted by Crippen LogP contribution is -2.69. The first kappa shape index (κ1) is 34.0. The van der Waals surface area contributed by atoms with Gasteiger partial charge in [-0.15, -0.1) is 0 Å². The molecule has 6 N–H and O–H groups in total. The van der Waals surface area contributed by atoms with Crippen LogP contribution in [0.5, 0.6) is 0 Å². The Morgan fingerprint density at radius 1 is 0.884 bits per heavy atom. The Morgan fingerprint density at radius 2 is 1.60 bits per heavy atom. The van der Waals surface area contributed by atoms with Gasteiger partial charge in [0.2, 0.25) is 0 Å². The number of ether oxygens (including phenoxy) is 2. The average Bonchev–Trinajstić information content (AvgIpc) is 3.32. The van der Waals surface area contributed by atoms with Crippen LogP contribution in [0.2, 0.25) is 0 Å². The third-order valence-corrected chi connectivity index (χ3v) is 14.2. The molecule has 0 bridgehead atoms. The molecule has 4 saturated carbocycles. The molecule has 1 heterocycles. The molecule has 1 saturated heterocycles. The minimum absolute atomic E-state index is 0.221. The molecule has 250 valence electrons. The molecule has 1 aliphatic heterocycles. The van der Waals surface area contributed by atoms with E-state index in [9.17, 15) is 30.6 Å². The van der Waals surface area contributed by atoms with Gasteiger partial charge in [-0.05, 0) is 98.2 Å². The van der Waals surface area contributed by atoms with Crippen LogP contribution in [0.1, 0.15) is 112 Å². The van der Waals surface area contributed by atoms with Gasteiger partial charge in [0.1, 0.15) is 24.4 Å². The molecule has 8 nitrogen and oxygen atoms in total. The Labute approximate surface area is 259 Å². The van der Waals surface area contributed by atoms with Gasteiger partial charge in [0.05, 0.1) is 24.4 Å². The minimum atomic E-state index is -1.51. The maximum atomic E-state index is 12.3. The first-order chi connectivity index (χ1) is 20.2. The molecule has 5 fully saturated rings. The van der Waals surface area contributed by atoms with E-state index in [0.29, 0.717) is 42.9 Å². The standard InChI is InChI=1S/C35H62O8/c1-7-21(19(2)3)9-8-20(4)24-10-11-25-23-16-28(37)35(41)17-22(12-15-34(35,6)26(23)13-14-33(24,25)5)42-32-31(40)30(39)29(38)27(18-36)43-32/h19-32,36-41H,7-18H2,1-6H3/t20-,21-,22+,23+,24-,25-,26+,27-,28-,29-,30+,31-,32-,33-,34-,35+/m1/s1. The van der Waals surface area contributed by atoms with E-state index in [1.165, 1.54) is 38.5 Å². The minimum Gasteiger partial charge on any atom is -0.394 e. The Bertz CT molecular complexity index is 945. The average molecular weight is 611 g/mol. The highest BCUT2D eigenvalue weighted by Gasteiger charge is 2.68. The van der Waals surface area contributed by atoms with Gasteiger partial charge in [-0.25, -0.2) is 0 Å². The second kappa shape index (κ2) is 12.7. The van der Waals surface area contributed by atoms with Gasteiger partial charge in [-0.3, -0.25) is 0 Å². The maximum absolute atomic E-state index is 12.3. The quantitative estimate of drug-likeness (QED) is 0.215. The fourth-order valence-electron chi connectivity index (χ4n) is 11.4. The summed E-state index contributed by atoms with van der Waals surface area (Å²) in [5.41, 5.74) is -1.48. The van der Waals surface area contributed by atoms with E-state index in [4.69, 9.17) is 9.47 Å². The molecule has 0 amide bonds. The van der Waals surface area contributed by atoms with Crippen molar-refractivity contribution in [3.8, 4) is 0 Å². The van der Waals surface area contributed by atoms with E-state index in [1.54, 1.807) is 0 Å². The van der Waals surface area contributed by atoms with E-state index < -0.39 is 60.5 Å². The van der Waals surface area contributed by atoms with Gasteiger partial charge in [-0.1, -0.05) is 54.4 Å². The number of aliphatic hydroxyl groups is 6. The van der Waals surface area contributed by atoms with E-state index in [-0.39, 0.29) is 11.8 Å². The van der Waals surface area contributed by atoms with Crippen molar-refractivity contribution in [2.75, 3.05) is 6.61 Å². The van der Waals surface area contributed by atoms with Crippen LogP contribution in [0.4, 0.5) is 0 Å². The Hall–Kier alpha value is -0.320. The highest BCUT2D eigenvalue weighted by atomic mass is 16.7. The predicted molar refractivity (Wildman–Crippen MR) is 164 cm³/mol. The van der Waals surface area contributed by atoms with Crippen LogP contribution in [0.25, 0.3) is 0 Å². The van der Waals surface area contributed by atoms with Crippen molar-refractivity contribution in [2.24, 2.45) is 52.3 Å². The second-order valence-corrected chi connectivity index (χ2v) is 16.4. The molecule has 0 aromatic rings. The number of fused-ring (bicyclic) bond motifs is 5. The van der Waals surface area contributed by atoms with Crippen molar-refractivity contribution in [3.63, 3.8) is 0 Å². The number of rotatable bonds is 9. The zero-order valence-corrected chi connectivity index (χ0v) is 27.6. The second-order valence-electron chi connectivity index (χ2n) is 16.4. The highest BCUT2D eigenvalue weighted by molar-refractivity contribution is 5.17. The summed E-state index contributed by atoms with van der Waals surface area (Å²) in [6, 6.07) is 0. The summed E-state index contributed by atoms with van der Waals surface area (Å²) in [5.74, 6) is 4.27. The summed E-state index contributed by atoms with van der Waals surface area (Å²) < 4.78 is 11.7. The molecule has 4 aliphatic carbocycles. The lowest BCUT2D eigenvalue weighted by Gasteiger charge is -2.65. The van der Waals surface area contributed by atoms with Crippen LogP contribution >= 0.6 is 0 Å². The lowest BCUT2D eigenvalue weighted by atomic mass is 9.42. The number of hydrogen-bond acceptors (Lipinski definition) is 8. The highest BCUT2D eigenvalue weighted by Crippen LogP contribution is 2.69. The molecular formula is C35H62O8. The molecule has 0 aromatic heterocycles. The molecule has 0 aromatic carbocycles. The smallest absolute Gasteiger partial charge is 0.186 e. The van der Waals surface area contributed by atoms with Crippen LogP contribution in [0.15, 0.2) is 0 Å². The van der Waals surface area contributed by atoms with E-state index in [0.717, 1.165) is 24.2 Å². The van der Waals surface area contributed by atoms with Gasteiger partial charge in [0.15, 0.2) is 6.29 Å². The summed E-state index contributed by atoms with van der Waals surface area (Å²) in [5, 5.41) is 64.4. The molecule has 0 spiro atoms. The molecule has 8 heteroatoms. The summed E-state index contributed by atoms with van der Waals surface area (Å²) in [6.45, 7) is 13.7. The first-order valence-corrected chi connectivity index (χ1v) is 17.6. The predicted octanol–water partition coefficient (Wildman–Crippen LogP) is 4.01. The van der Waals surface area contributed by atoms with Gasteiger partial charge < -0.3 is 40.1 Å². The summed E-state index contributed by atoms with van der Waals surface area (Å²) in [7, 11) is 0. The first-order valence-electron chi connectivity index (χ1n) is 17.6. The van der Waals surface area contributed by atoms with Gasteiger partial charge in [0, 0.05) is 11.8 Å². The topological polar surface area (TPSA) is 140 Å². The zero-order chi connectivity index (χ0) is 31.5. The third-order valence-electron chi connectivity index (χ3n) is 14.2. The Kier molecular flexibility index (Phi) is 10.1. The summed E-state index contributed by atoms with van der Waals surface area (Å²) >= 11 is 0. The fourth-order valence-corrected chi connectivity index (χ4v) is 11.4. The molecule has 0 radical (unpaired) electrons. The molecule has 5 aliphatic rings. The monoisotopic (exact) mass is 610 g/mol. The van der Waals surface area contributed by atoms with Crippen LogP contribution in [-0.4, -0.2) is 85.8 Å². The Balaban J connectivity index is 1.27. The Morgan fingerprint density at radius 3 is 2.26 bits per heavy atom. The third kappa shape index (κ3) is 5.66. The maximum Gasteiger partial charge on any atom is 0.186 e. The van der Waals surface area contributed by atoms with Gasteiger partial charge in [0.25, 0.3) is 0 Å². The van der Waals surface area contributed by atoms with Gasteiger partial charge >= 0.3 is 0 Å². The zero-order valence-electron chi connectivity index (χ0n) is 27.6. The van der Waals surface area contributed by atoms with Crippen molar-refractivity contribution in [3.05, 3.63) is 0 Å².